The molecule has 0 radical (unpaired) electrons. The van der Waals surface area contributed by atoms with E-state index < -0.39 is 10.0 Å². The van der Waals surface area contributed by atoms with Gasteiger partial charge in [-0.2, -0.15) is 0 Å². The summed E-state index contributed by atoms with van der Waals surface area (Å²) in [4.78, 5) is 12.1. The number of para-hydroxylation sites is 1. The molecule has 1 aliphatic rings. The number of sulfonamides is 1. The zero-order chi connectivity index (χ0) is 15.3. The second-order valence-electron chi connectivity index (χ2n) is 4.88. The van der Waals surface area contributed by atoms with Crippen LogP contribution < -0.4 is 10.1 Å². The first kappa shape index (κ1) is 15.8. The first-order valence-corrected chi connectivity index (χ1v) is 8.54. The molecular formula is C14H20N2O4S. The van der Waals surface area contributed by atoms with E-state index in [-0.39, 0.29) is 18.2 Å². The molecule has 0 saturated carbocycles. The fourth-order valence-corrected chi connectivity index (χ4v) is 3.92. The van der Waals surface area contributed by atoms with Crippen LogP contribution in [0.15, 0.2) is 24.3 Å². The maximum atomic E-state index is 12.1. The fourth-order valence-electron chi connectivity index (χ4n) is 2.31. The maximum absolute atomic E-state index is 12.1. The predicted molar refractivity (Wildman–Crippen MR) is 79.9 cm³/mol. The van der Waals surface area contributed by atoms with E-state index in [9.17, 15) is 13.2 Å². The van der Waals surface area contributed by atoms with Gasteiger partial charge >= 0.3 is 0 Å². The summed E-state index contributed by atoms with van der Waals surface area (Å²) in [6.45, 7) is 1.13. The zero-order valence-electron chi connectivity index (χ0n) is 12.0. The molecule has 0 unspecified atom stereocenters. The summed E-state index contributed by atoms with van der Waals surface area (Å²) in [5, 5.41) is 2.73. The highest BCUT2D eigenvalue weighted by atomic mass is 32.2. The molecule has 0 bridgehead atoms. The number of nitrogens with one attached hydrogen (secondary N) is 1. The van der Waals surface area contributed by atoms with E-state index in [0.717, 1.165) is 6.42 Å². The van der Waals surface area contributed by atoms with Crippen molar-refractivity contribution in [3.05, 3.63) is 29.8 Å². The van der Waals surface area contributed by atoms with Gasteiger partial charge in [0.05, 0.1) is 18.4 Å². The topological polar surface area (TPSA) is 75.7 Å². The van der Waals surface area contributed by atoms with Gasteiger partial charge in [-0.15, -0.1) is 0 Å². The van der Waals surface area contributed by atoms with Gasteiger partial charge in [-0.1, -0.05) is 12.1 Å². The van der Waals surface area contributed by atoms with Crippen LogP contribution in [0, 0.1) is 0 Å². The van der Waals surface area contributed by atoms with Crippen molar-refractivity contribution in [1.82, 2.24) is 9.62 Å². The molecule has 1 saturated heterocycles. The summed E-state index contributed by atoms with van der Waals surface area (Å²) in [5.41, 5.74) is 0.446. The third-order valence-corrected chi connectivity index (χ3v) is 5.41. The van der Waals surface area contributed by atoms with Crippen molar-refractivity contribution in [2.75, 3.05) is 32.5 Å². The van der Waals surface area contributed by atoms with Crippen LogP contribution >= 0.6 is 0 Å². The number of nitrogens with zero attached hydrogens (tertiary/aromatic N) is 1. The molecule has 1 fully saturated rings. The third kappa shape index (κ3) is 3.95. The van der Waals surface area contributed by atoms with Gasteiger partial charge < -0.3 is 10.1 Å². The molecule has 7 heteroatoms. The summed E-state index contributed by atoms with van der Waals surface area (Å²) >= 11 is 0. The number of carbonyl (C=O) groups excluding carboxylic acids is 1. The van der Waals surface area contributed by atoms with Crippen molar-refractivity contribution in [1.29, 1.82) is 0 Å². The summed E-state index contributed by atoms with van der Waals surface area (Å²) in [5.74, 6) is 0.440. The molecule has 1 heterocycles. The zero-order valence-corrected chi connectivity index (χ0v) is 12.9. The Morgan fingerprint density at radius 1 is 1.33 bits per heavy atom. The number of amides is 1. The second-order valence-corrected chi connectivity index (χ2v) is 6.97. The van der Waals surface area contributed by atoms with Gasteiger partial charge in [0.2, 0.25) is 10.0 Å². The number of ether oxygens (including phenoxy) is 1. The van der Waals surface area contributed by atoms with E-state index >= 15 is 0 Å². The highest BCUT2D eigenvalue weighted by molar-refractivity contribution is 7.89. The molecule has 0 spiro atoms. The van der Waals surface area contributed by atoms with Crippen molar-refractivity contribution in [3.8, 4) is 5.75 Å². The molecule has 116 valence electrons. The number of hydrogen-bond acceptors (Lipinski definition) is 4. The molecule has 1 amide bonds. The van der Waals surface area contributed by atoms with E-state index in [1.165, 1.54) is 11.4 Å². The van der Waals surface area contributed by atoms with E-state index in [0.29, 0.717) is 30.8 Å². The van der Waals surface area contributed by atoms with Crippen molar-refractivity contribution in [2.24, 2.45) is 0 Å². The van der Waals surface area contributed by atoms with Crippen molar-refractivity contribution in [3.63, 3.8) is 0 Å². The standard InChI is InChI=1S/C14H20N2O4S/c1-20-13-7-3-2-6-12(13)14(17)15-8-10-16-9-4-5-11-21(16,18)19/h2-3,6-7H,4-5,8-11H2,1H3,(H,15,17). The normalized spacial score (nSPS) is 18.1. The lowest BCUT2D eigenvalue weighted by atomic mass is 10.2. The molecule has 1 aromatic rings. The Morgan fingerprint density at radius 3 is 2.81 bits per heavy atom. The average molecular weight is 312 g/mol. The molecular weight excluding hydrogens is 292 g/mol. The van der Waals surface area contributed by atoms with Gasteiger partial charge in [0, 0.05) is 19.6 Å². The Kier molecular flexibility index (Phi) is 5.19. The van der Waals surface area contributed by atoms with Gasteiger partial charge in [-0.05, 0) is 25.0 Å². The highest BCUT2D eigenvalue weighted by Crippen LogP contribution is 2.17. The lowest BCUT2D eigenvalue weighted by Gasteiger charge is -2.26. The van der Waals surface area contributed by atoms with Gasteiger partial charge in [-0.25, -0.2) is 12.7 Å². The first-order valence-electron chi connectivity index (χ1n) is 6.93. The smallest absolute Gasteiger partial charge is 0.255 e. The highest BCUT2D eigenvalue weighted by Gasteiger charge is 2.25. The average Bonchev–Trinajstić information content (AvgIpc) is 2.48. The Labute approximate surface area is 125 Å². The number of carbonyl (C=O) groups is 1. The minimum atomic E-state index is -3.14. The molecule has 0 atom stereocenters. The number of benzene rings is 1. The van der Waals surface area contributed by atoms with E-state index in [1.54, 1.807) is 24.3 Å². The molecule has 1 aliphatic heterocycles. The first-order chi connectivity index (χ1) is 10.0. The van der Waals surface area contributed by atoms with E-state index in [1.807, 2.05) is 0 Å². The molecule has 2 rings (SSSR count). The van der Waals surface area contributed by atoms with Crippen molar-refractivity contribution in [2.45, 2.75) is 12.8 Å². The number of rotatable bonds is 5. The van der Waals surface area contributed by atoms with Gasteiger partial charge in [-0.3, -0.25) is 4.79 Å². The van der Waals surface area contributed by atoms with Crippen LogP contribution in [0.5, 0.6) is 5.75 Å². The Balaban J connectivity index is 1.90. The van der Waals surface area contributed by atoms with E-state index in [2.05, 4.69) is 5.32 Å². The molecule has 6 nitrogen and oxygen atoms in total. The maximum Gasteiger partial charge on any atom is 0.255 e. The minimum absolute atomic E-state index is 0.202. The summed E-state index contributed by atoms with van der Waals surface area (Å²) in [7, 11) is -1.64. The van der Waals surface area contributed by atoms with Crippen LogP contribution in [-0.4, -0.2) is 51.1 Å². The quantitative estimate of drug-likeness (QED) is 0.874. The lowest BCUT2D eigenvalue weighted by molar-refractivity contribution is 0.0948. The fraction of sp³-hybridized carbons (Fsp3) is 0.500. The number of methoxy groups -OCH3 is 1. The third-order valence-electron chi connectivity index (χ3n) is 3.45. The summed E-state index contributed by atoms with van der Waals surface area (Å²) in [6, 6.07) is 6.93. The van der Waals surface area contributed by atoms with Gasteiger partial charge in [0.1, 0.15) is 5.75 Å². The molecule has 0 aliphatic carbocycles. The van der Waals surface area contributed by atoms with Gasteiger partial charge in [0.15, 0.2) is 0 Å². The monoisotopic (exact) mass is 312 g/mol. The SMILES string of the molecule is COc1ccccc1C(=O)NCCN1CCCCS1(=O)=O. The predicted octanol–water partition coefficient (Wildman–Crippen LogP) is 0.851. The Hall–Kier alpha value is -1.60. The van der Waals surface area contributed by atoms with Crippen LogP contribution in [0.4, 0.5) is 0 Å². The Bertz CT molecular complexity index is 601. The number of hydrogen-bond donors (Lipinski definition) is 1. The van der Waals surface area contributed by atoms with Gasteiger partial charge in [0.25, 0.3) is 5.91 Å². The Morgan fingerprint density at radius 2 is 2.10 bits per heavy atom. The van der Waals surface area contributed by atoms with Crippen LogP contribution in [0.2, 0.25) is 0 Å². The van der Waals surface area contributed by atoms with Crippen LogP contribution in [0.1, 0.15) is 23.2 Å². The summed E-state index contributed by atoms with van der Waals surface area (Å²) in [6.07, 6.45) is 1.59. The van der Waals surface area contributed by atoms with E-state index in [4.69, 9.17) is 4.74 Å². The molecule has 1 aromatic carbocycles. The second kappa shape index (κ2) is 6.91. The summed E-state index contributed by atoms with van der Waals surface area (Å²) < 4.78 is 30.2. The molecule has 21 heavy (non-hydrogen) atoms. The van der Waals surface area contributed by atoms with Crippen molar-refractivity contribution < 1.29 is 17.9 Å². The van der Waals surface area contributed by atoms with Crippen LogP contribution in [0.3, 0.4) is 0 Å². The lowest BCUT2D eigenvalue weighted by Crippen LogP contribution is -2.42. The van der Waals surface area contributed by atoms with Crippen LogP contribution in [0.25, 0.3) is 0 Å². The largest absolute Gasteiger partial charge is 0.496 e. The van der Waals surface area contributed by atoms with Crippen LogP contribution in [-0.2, 0) is 10.0 Å². The molecule has 0 aromatic heterocycles. The minimum Gasteiger partial charge on any atom is -0.496 e. The van der Waals surface area contributed by atoms with Crippen molar-refractivity contribution >= 4 is 15.9 Å². The molecule has 1 N–H and O–H groups in total.